The van der Waals surface area contributed by atoms with Gasteiger partial charge < -0.3 is 4.90 Å². The number of aromatic nitrogens is 4. The lowest BCUT2D eigenvalue weighted by molar-refractivity contribution is -0.134. The number of H-pyrrole nitrogens is 1. The van der Waals surface area contributed by atoms with E-state index in [1.54, 1.807) is 13.1 Å². The van der Waals surface area contributed by atoms with E-state index in [1.165, 1.54) is 4.52 Å². The molecule has 1 amide bonds. The Morgan fingerprint density at radius 1 is 1.30 bits per heavy atom. The molecule has 3 aromatic heterocycles. The molecule has 7 nitrogen and oxygen atoms in total. The number of hydrogen-bond acceptors (Lipinski definition) is 4. The molecule has 1 aliphatic rings. The fraction of sp³-hybridized carbons (Fsp3) is 0.400. The average Bonchev–Trinajstić information content (AvgIpc) is 3.11. The van der Waals surface area contributed by atoms with Gasteiger partial charge in [-0.1, -0.05) is 6.07 Å². The minimum absolute atomic E-state index is 0.0599. The van der Waals surface area contributed by atoms with Crippen molar-refractivity contribution in [3.8, 4) is 0 Å². The standard InChI is InChI=1S/C20H23N5O2/c1-13-14(2)22-18-12-16(23-25(18)20(13)27)17-8-4-6-10-24(17)19(26)11-15-7-3-5-9-21-15/h3,5,7,9,12,17,23H,4,6,8,10-11H2,1-2H3/t17-/m0/s1. The Morgan fingerprint density at radius 2 is 2.15 bits per heavy atom. The van der Waals surface area contributed by atoms with E-state index in [0.717, 1.165) is 36.3 Å². The lowest BCUT2D eigenvalue weighted by Crippen LogP contribution is -2.39. The molecule has 0 unspecified atom stereocenters. The van der Waals surface area contributed by atoms with E-state index in [4.69, 9.17) is 0 Å². The highest BCUT2D eigenvalue weighted by Gasteiger charge is 2.29. The lowest BCUT2D eigenvalue weighted by atomic mass is 9.98. The van der Waals surface area contributed by atoms with Crippen LogP contribution in [0.4, 0.5) is 0 Å². The van der Waals surface area contributed by atoms with Crippen molar-refractivity contribution >= 4 is 11.6 Å². The third-order valence-corrected chi connectivity index (χ3v) is 5.34. The SMILES string of the molecule is Cc1nc2cc([C@@H]3CCCCN3C(=O)Cc3ccccn3)[nH]n2c(=O)c1C. The molecule has 27 heavy (non-hydrogen) atoms. The Balaban J connectivity index is 1.66. The number of amides is 1. The molecule has 1 N–H and O–H groups in total. The quantitative estimate of drug-likeness (QED) is 0.772. The summed E-state index contributed by atoms with van der Waals surface area (Å²) in [7, 11) is 0. The summed E-state index contributed by atoms with van der Waals surface area (Å²) in [6, 6.07) is 7.43. The molecular formula is C20H23N5O2. The fourth-order valence-electron chi connectivity index (χ4n) is 3.72. The zero-order valence-electron chi connectivity index (χ0n) is 15.6. The van der Waals surface area contributed by atoms with Gasteiger partial charge in [-0.3, -0.25) is 19.7 Å². The van der Waals surface area contributed by atoms with Crippen LogP contribution in [0.5, 0.6) is 0 Å². The van der Waals surface area contributed by atoms with Gasteiger partial charge in [0.1, 0.15) is 0 Å². The van der Waals surface area contributed by atoms with Gasteiger partial charge in [0.25, 0.3) is 5.56 Å². The maximum absolute atomic E-state index is 12.9. The zero-order valence-corrected chi connectivity index (χ0v) is 15.6. The van der Waals surface area contributed by atoms with Gasteiger partial charge in [-0.15, -0.1) is 0 Å². The van der Waals surface area contributed by atoms with Crippen molar-refractivity contribution in [1.29, 1.82) is 0 Å². The molecule has 0 spiro atoms. The first kappa shape index (κ1) is 17.5. The van der Waals surface area contributed by atoms with Crippen molar-refractivity contribution in [2.24, 2.45) is 0 Å². The molecule has 0 bridgehead atoms. The fourth-order valence-corrected chi connectivity index (χ4v) is 3.72. The summed E-state index contributed by atoms with van der Waals surface area (Å²) in [6.07, 6.45) is 4.90. The number of aromatic amines is 1. The maximum atomic E-state index is 12.9. The number of aryl methyl sites for hydroxylation is 1. The van der Waals surface area contributed by atoms with Gasteiger partial charge in [0.2, 0.25) is 5.91 Å². The van der Waals surface area contributed by atoms with Gasteiger partial charge in [0, 0.05) is 35.8 Å². The Hall–Kier alpha value is -2.96. The summed E-state index contributed by atoms with van der Waals surface area (Å²) >= 11 is 0. The predicted molar refractivity (Wildman–Crippen MR) is 102 cm³/mol. The first-order valence-corrected chi connectivity index (χ1v) is 9.33. The van der Waals surface area contributed by atoms with Crippen LogP contribution in [0.1, 0.15) is 47.9 Å². The van der Waals surface area contributed by atoms with Crippen molar-refractivity contribution in [1.82, 2.24) is 24.5 Å². The normalized spacial score (nSPS) is 17.4. The molecule has 7 heteroatoms. The largest absolute Gasteiger partial charge is 0.334 e. The second-order valence-corrected chi connectivity index (χ2v) is 7.13. The smallest absolute Gasteiger partial charge is 0.275 e. The van der Waals surface area contributed by atoms with Crippen LogP contribution in [0.3, 0.4) is 0 Å². The number of pyridine rings is 1. The van der Waals surface area contributed by atoms with Crippen LogP contribution in [0.25, 0.3) is 5.65 Å². The summed E-state index contributed by atoms with van der Waals surface area (Å²) < 4.78 is 1.48. The van der Waals surface area contributed by atoms with Gasteiger partial charge in [0.15, 0.2) is 5.65 Å². The Morgan fingerprint density at radius 3 is 2.93 bits per heavy atom. The summed E-state index contributed by atoms with van der Waals surface area (Å²) in [5.41, 5.74) is 3.50. The van der Waals surface area contributed by atoms with Gasteiger partial charge in [-0.2, -0.15) is 0 Å². The molecule has 0 saturated carbocycles. The second kappa shape index (κ2) is 6.98. The number of carbonyl (C=O) groups excluding carboxylic acids is 1. The zero-order chi connectivity index (χ0) is 19.0. The number of carbonyl (C=O) groups is 1. The number of fused-ring (bicyclic) bond motifs is 1. The third-order valence-electron chi connectivity index (χ3n) is 5.34. The first-order chi connectivity index (χ1) is 13.0. The highest BCUT2D eigenvalue weighted by molar-refractivity contribution is 5.79. The van der Waals surface area contributed by atoms with E-state index in [-0.39, 0.29) is 23.9 Å². The highest BCUT2D eigenvalue weighted by atomic mass is 16.2. The summed E-state index contributed by atoms with van der Waals surface area (Å²) in [5.74, 6) is 0.0599. The van der Waals surface area contributed by atoms with Gasteiger partial charge in [-0.05, 0) is 45.2 Å². The Bertz CT molecular complexity index is 1040. The monoisotopic (exact) mass is 365 g/mol. The highest BCUT2D eigenvalue weighted by Crippen LogP contribution is 2.31. The minimum Gasteiger partial charge on any atom is -0.334 e. The van der Waals surface area contributed by atoms with E-state index in [9.17, 15) is 9.59 Å². The molecular weight excluding hydrogens is 342 g/mol. The summed E-state index contributed by atoms with van der Waals surface area (Å²) in [6.45, 7) is 4.33. The predicted octanol–water partition coefficient (Wildman–Crippen LogP) is 2.33. The molecule has 0 aromatic carbocycles. The van der Waals surface area contributed by atoms with Gasteiger partial charge in [0.05, 0.1) is 18.2 Å². The van der Waals surface area contributed by atoms with E-state index >= 15 is 0 Å². The molecule has 140 valence electrons. The topological polar surface area (TPSA) is 83.4 Å². The van der Waals surface area contributed by atoms with Crippen molar-refractivity contribution in [2.75, 3.05) is 6.54 Å². The van der Waals surface area contributed by atoms with E-state index in [2.05, 4.69) is 15.1 Å². The van der Waals surface area contributed by atoms with Crippen LogP contribution in [-0.4, -0.2) is 36.9 Å². The molecule has 1 atom stereocenters. The number of nitrogens with one attached hydrogen (secondary N) is 1. The van der Waals surface area contributed by atoms with E-state index < -0.39 is 0 Å². The number of nitrogens with zero attached hydrogens (tertiary/aromatic N) is 4. The van der Waals surface area contributed by atoms with Crippen molar-refractivity contribution < 1.29 is 4.79 Å². The summed E-state index contributed by atoms with van der Waals surface area (Å²) in [5, 5.41) is 3.18. The van der Waals surface area contributed by atoms with Crippen molar-refractivity contribution in [3.05, 3.63) is 63.5 Å². The Kier molecular flexibility index (Phi) is 4.51. The average molecular weight is 365 g/mol. The van der Waals surface area contributed by atoms with Crippen LogP contribution >= 0.6 is 0 Å². The van der Waals surface area contributed by atoms with Crippen LogP contribution in [0.2, 0.25) is 0 Å². The maximum Gasteiger partial charge on any atom is 0.275 e. The molecule has 3 aromatic rings. The molecule has 4 heterocycles. The van der Waals surface area contributed by atoms with Crippen LogP contribution in [0.15, 0.2) is 35.3 Å². The molecule has 1 fully saturated rings. The Labute approximate surface area is 157 Å². The van der Waals surface area contributed by atoms with Crippen molar-refractivity contribution in [2.45, 2.75) is 45.6 Å². The number of likely N-dealkylation sites (tertiary alicyclic amines) is 1. The van der Waals surface area contributed by atoms with Crippen LogP contribution in [-0.2, 0) is 11.2 Å². The van der Waals surface area contributed by atoms with Crippen molar-refractivity contribution in [3.63, 3.8) is 0 Å². The minimum atomic E-state index is -0.0917. The third kappa shape index (κ3) is 3.25. The van der Waals surface area contributed by atoms with Gasteiger partial charge in [-0.25, -0.2) is 9.50 Å². The molecule has 0 radical (unpaired) electrons. The lowest BCUT2D eigenvalue weighted by Gasteiger charge is -2.35. The molecule has 4 rings (SSSR count). The van der Waals surface area contributed by atoms with Gasteiger partial charge >= 0.3 is 0 Å². The summed E-state index contributed by atoms with van der Waals surface area (Å²) in [4.78, 5) is 36.1. The number of hydrogen-bond donors (Lipinski definition) is 1. The molecule has 1 saturated heterocycles. The van der Waals surface area contributed by atoms with Crippen LogP contribution in [0, 0.1) is 13.8 Å². The second-order valence-electron chi connectivity index (χ2n) is 7.13. The molecule has 0 aliphatic carbocycles. The first-order valence-electron chi connectivity index (χ1n) is 9.33. The number of rotatable bonds is 3. The van der Waals surface area contributed by atoms with Crippen LogP contribution < -0.4 is 5.56 Å². The van der Waals surface area contributed by atoms with E-state index in [0.29, 0.717) is 17.8 Å². The van der Waals surface area contributed by atoms with E-state index in [1.807, 2.05) is 36.1 Å². The number of piperidine rings is 1. The molecule has 1 aliphatic heterocycles.